The number of amidine groups is 1. The highest BCUT2D eigenvalue weighted by molar-refractivity contribution is 7.10. The number of allylic oxidation sites excluding steroid dienone is 2. The summed E-state index contributed by atoms with van der Waals surface area (Å²) in [5.41, 5.74) is 0.886. The van der Waals surface area contributed by atoms with Crippen LogP contribution in [0, 0.1) is 0 Å². The fourth-order valence-electron chi connectivity index (χ4n) is 1.37. The molecule has 90 valence electrons. The highest BCUT2D eigenvalue weighted by atomic mass is 32.1. The first-order valence-corrected chi connectivity index (χ1v) is 6.43. The van der Waals surface area contributed by atoms with Gasteiger partial charge in [0.25, 0.3) is 0 Å². The van der Waals surface area contributed by atoms with Crippen LogP contribution in [0.4, 0.5) is 0 Å². The molecule has 0 spiro atoms. The minimum atomic E-state index is 0.0707. The van der Waals surface area contributed by atoms with Crippen molar-refractivity contribution in [2.45, 2.75) is 26.8 Å². The molecule has 1 unspecified atom stereocenters. The van der Waals surface area contributed by atoms with E-state index in [9.17, 15) is 0 Å². The maximum absolute atomic E-state index is 4.60. The summed E-state index contributed by atoms with van der Waals surface area (Å²) in [4.78, 5) is 10.2. The Morgan fingerprint density at radius 2 is 2.24 bits per heavy atom. The molecule has 0 N–H and O–H groups in total. The SMILES string of the molecule is C=CC(C)=NC(C)=NC(/C=C\C)c1cccs1. The van der Waals surface area contributed by atoms with Gasteiger partial charge in [-0.15, -0.1) is 11.3 Å². The lowest BCUT2D eigenvalue weighted by atomic mass is 10.2. The molecule has 1 aromatic heterocycles. The van der Waals surface area contributed by atoms with E-state index in [1.165, 1.54) is 4.88 Å². The van der Waals surface area contributed by atoms with Gasteiger partial charge < -0.3 is 0 Å². The molecule has 0 fully saturated rings. The quantitative estimate of drug-likeness (QED) is 0.426. The van der Waals surface area contributed by atoms with Crippen molar-refractivity contribution >= 4 is 22.9 Å². The van der Waals surface area contributed by atoms with Crippen molar-refractivity contribution in [1.82, 2.24) is 0 Å². The van der Waals surface area contributed by atoms with Gasteiger partial charge >= 0.3 is 0 Å². The molecule has 0 amide bonds. The van der Waals surface area contributed by atoms with E-state index >= 15 is 0 Å². The van der Waals surface area contributed by atoms with E-state index in [0.717, 1.165) is 11.5 Å². The average molecular weight is 246 g/mol. The largest absolute Gasteiger partial charge is 0.258 e. The van der Waals surface area contributed by atoms with Crippen LogP contribution in [0.2, 0.25) is 0 Å². The summed E-state index contributed by atoms with van der Waals surface area (Å²) in [5, 5.41) is 2.06. The van der Waals surface area contributed by atoms with Crippen molar-refractivity contribution in [2.75, 3.05) is 0 Å². The van der Waals surface area contributed by atoms with Gasteiger partial charge in [0.15, 0.2) is 0 Å². The van der Waals surface area contributed by atoms with Gasteiger partial charge in [-0.05, 0) is 38.3 Å². The minimum absolute atomic E-state index is 0.0707. The first-order valence-electron chi connectivity index (χ1n) is 5.55. The lowest BCUT2D eigenvalue weighted by molar-refractivity contribution is 0.929. The van der Waals surface area contributed by atoms with E-state index < -0.39 is 0 Å². The van der Waals surface area contributed by atoms with E-state index in [2.05, 4.69) is 34.1 Å². The summed E-state index contributed by atoms with van der Waals surface area (Å²) < 4.78 is 0. The highest BCUT2D eigenvalue weighted by Gasteiger charge is 2.06. The first kappa shape index (κ1) is 13.6. The van der Waals surface area contributed by atoms with Gasteiger partial charge in [-0.25, -0.2) is 4.99 Å². The maximum Gasteiger partial charge on any atom is 0.121 e. The van der Waals surface area contributed by atoms with E-state index in [4.69, 9.17) is 0 Å². The Hall–Kier alpha value is -1.48. The zero-order valence-corrected chi connectivity index (χ0v) is 11.4. The maximum atomic E-state index is 4.60. The number of rotatable bonds is 4. The third-order valence-electron chi connectivity index (χ3n) is 2.17. The summed E-state index contributed by atoms with van der Waals surface area (Å²) >= 11 is 1.71. The molecule has 2 nitrogen and oxygen atoms in total. The first-order chi connectivity index (χ1) is 8.17. The molecular weight excluding hydrogens is 228 g/mol. The number of aliphatic imine (C=N–C) groups is 2. The average Bonchev–Trinajstić information content (AvgIpc) is 2.81. The molecule has 0 aliphatic rings. The molecule has 0 aromatic carbocycles. The molecule has 0 aliphatic heterocycles. The van der Waals surface area contributed by atoms with Gasteiger partial charge in [-0.2, -0.15) is 0 Å². The Balaban J connectivity index is 2.94. The summed E-state index contributed by atoms with van der Waals surface area (Å²) in [6.07, 6.45) is 5.83. The third-order valence-corrected chi connectivity index (χ3v) is 3.11. The molecule has 0 bridgehead atoms. The van der Waals surface area contributed by atoms with E-state index in [1.54, 1.807) is 17.4 Å². The second-order valence-electron chi connectivity index (χ2n) is 3.62. The normalized spacial score (nSPS) is 15.2. The van der Waals surface area contributed by atoms with Crippen LogP contribution < -0.4 is 0 Å². The summed E-state index contributed by atoms with van der Waals surface area (Å²) in [7, 11) is 0. The van der Waals surface area contributed by atoms with E-state index in [0.29, 0.717) is 0 Å². The Bertz CT molecular complexity index is 439. The fraction of sp³-hybridized carbons (Fsp3) is 0.286. The Morgan fingerprint density at radius 3 is 2.76 bits per heavy atom. The second-order valence-corrected chi connectivity index (χ2v) is 4.60. The lowest BCUT2D eigenvalue weighted by Gasteiger charge is -2.05. The topological polar surface area (TPSA) is 24.7 Å². The predicted molar refractivity (Wildman–Crippen MR) is 78.3 cm³/mol. The summed E-state index contributed by atoms with van der Waals surface area (Å²) in [6, 6.07) is 4.21. The van der Waals surface area contributed by atoms with Crippen molar-refractivity contribution in [3.05, 3.63) is 47.2 Å². The van der Waals surface area contributed by atoms with Crippen LogP contribution in [0.3, 0.4) is 0 Å². The summed E-state index contributed by atoms with van der Waals surface area (Å²) in [5.74, 6) is 0.777. The number of hydrogen-bond donors (Lipinski definition) is 0. The van der Waals surface area contributed by atoms with Crippen LogP contribution in [0.15, 0.2) is 52.3 Å². The van der Waals surface area contributed by atoms with Crippen molar-refractivity contribution < 1.29 is 0 Å². The van der Waals surface area contributed by atoms with Crippen LogP contribution in [-0.4, -0.2) is 11.5 Å². The van der Waals surface area contributed by atoms with Gasteiger partial charge in [0, 0.05) is 10.6 Å². The fourth-order valence-corrected chi connectivity index (χ4v) is 2.12. The number of thiophene rings is 1. The van der Waals surface area contributed by atoms with Crippen LogP contribution in [0.25, 0.3) is 0 Å². The summed E-state index contributed by atoms with van der Waals surface area (Å²) in [6.45, 7) is 9.52. The Morgan fingerprint density at radius 1 is 1.47 bits per heavy atom. The molecule has 0 radical (unpaired) electrons. The Labute approximate surface area is 107 Å². The Kier molecular flexibility index (Phi) is 5.57. The molecule has 3 heteroatoms. The second kappa shape index (κ2) is 6.97. The smallest absolute Gasteiger partial charge is 0.121 e. The van der Waals surface area contributed by atoms with Crippen LogP contribution in [-0.2, 0) is 0 Å². The van der Waals surface area contributed by atoms with Gasteiger partial charge in [-0.1, -0.05) is 24.8 Å². The molecule has 0 saturated heterocycles. The van der Waals surface area contributed by atoms with Crippen molar-refractivity contribution in [3.63, 3.8) is 0 Å². The van der Waals surface area contributed by atoms with E-state index in [-0.39, 0.29) is 6.04 Å². The molecule has 1 atom stereocenters. The monoisotopic (exact) mass is 246 g/mol. The van der Waals surface area contributed by atoms with Gasteiger partial charge in [0.2, 0.25) is 0 Å². The lowest BCUT2D eigenvalue weighted by Crippen LogP contribution is -1.97. The van der Waals surface area contributed by atoms with Crippen LogP contribution >= 0.6 is 11.3 Å². The van der Waals surface area contributed by atoms with Crippen LogP contribution in [0.1, 0.15) is 31.7 Å². The molecule has 17 heavy (non-hydrogen) atoms. The van der Waals surface area contributed by atoms with Crippen molar-refractivity contribution in [1.29, 1.82) is 0 Å². The standard InChI is InChI=1S/C14H18N2S/c1-5-8-13(14-9-7-10-17-14)16-12(4)15-11(3)6-2/h5-10,13H,2H2,1,3-4H3/b8-5-,15-11?,16-12?. The molecule has 1 rings (SSSR count). The number of hydrogen-bond acceptors (Lipinski definition) is 2. The zero-order chi connectivity index (χ0) is 12.7. The van der Waals surface area contributed by atoms with Gasteiger partial charge in [-0.3, -0.25) is 4.99 Å². The minimum Gasteiger partial charge on any atom is -0.258 e. The van der Waals surface area contributed by atoms with Crippen LogP contribution in [0.5, 0.6) is 0 Å². The van der Waals surface area contributed by atoms with Gasteiger partial charge in [0.1, 0.15) is 11.9 Å². The van der Waals surface area contributed by atoms with Crippen molar-refractivity contribution in [3.8, 4) is 0 Å². The highest BCUT2D eigenvalue weighted by Crippen LogP contribution is 2.24. The predicted octanol–water partition coefficient (Wildman–Crippen LogP) is 4.43. The van der Waals surface area contributed by atoms with Gasteiger partial charge in [0.05, 0.1) is 0 Å². The molecule has 0 aliphatic carbocycles. The number of nitrogens with zero attached hydrogens (tertiary/aromatic N) is 2. The molecular formula is C14H18N2S. The zero-order valence-electron chi connectivity index (χ0n) is 10.6. The molecule has 1 aromatic rings. The third kappa shape index (κ3) is 4.49. The van der Waals surface area contributed by atoms with Crippen molar-refractivity contribution in [2.24, 2.45) is 9.98 Å². The molecule has 0 saturated carbocycles. The molecule has 1 heterocycles. The van der Waals surface area contributed by atoms with E-state index in [1.807, 2.05) is 32.9 Å².